The third-order valence-corrected chi connectivity index (χ3v) is 3.22. The van der Waals surface area contributed by atoms with E-state index in [2.05, 4.69) is 28.6 Å². The SMILES string of the molecule is Cc1nnc(C(C)(N)c2ccccc2)n1C(C)C. The van der Waals surface area contributed by atoms with Crippen LogP contribution in [0.1, 0.15) is 44.0 Å². The molecule has 1 atom stereocenters. The Hall–Kier alpha value is -1.68. The van der Waals surface area contributed by atoms with Crippen LogP contribution in [0, 0.1) is 6.92 Å². The van der Waals surface area contributed by atoms with Gasteiger partial charge in [0, 0.05) is 6.04 Å². The third-order valence-electron chi connectivity index (χ3n) is 3.22. The van der Waals surface area contributed by atoms with E-state index in [-0.39, 0.29) is 0 Å². The van der Waals surface area contributed by atoms with Crippen molar-refractivity contribution in [1.29, 1.82) is 0 Å². The molecule has 0 aliphatic rings. The molecule has 2 rings (SSSR count). The molecule has 4 heteroatoms. The first-order valence-corrected chi connectivity index (χ1v) is 6.21. The average Bonchev–Trinajstić information content (AvgIpc) is 2.73. The molecular weight excluding hydrogens is 224 g/mol. The van der Waals surface area contributed by atoms with Gasteiger partial charge in [0.2, 0.25) is 0 Å². The van der Waals surface area contributed by atoms with Gasteiger partial charge in [-0.15, -0.1) is 10.2 Å². The number of nitrogens with zero attached hydrogens (tertiary/aromatic N) is 3. The fraction of sp³-hybridized carbons (Fsp3) is 0.429. The molecule has 0 radical (unpaired) electrons. The van der Waals surface area contributed by atoms with Crippen molar-refractivity contribution in [2.45, 2.75) is 39.3 Å². The minimum absolute atomic E-state index is 0.293. The Kier molecular flexibility index (Phi) is 3.22. The maximum Gasteiger partial charge on any atom is 0.157 e. The highest BCUT2D eigenvalue weighted by Gasteiger charge is 2.31. The van der Waals surface area contributed by atoms with Gasteiger partial charge in [0.25, 0.3) is 0 Å². The first-order valence-electron chi connectivity index (χ1n) is 6.21. The second-order valence-corrected chi connectivity index (χ2v) is 5.10. The van der Waals surface area contributed by atoms with Crippen molar-refractivity contribution < 1.29 is 0 Å². The van der Waals surface area contributed by atoms with E-state index in [1.165, 1.54) is 0 Å². The highest BCUT2D eigenvalue weighted by molar-refractivity contribution is 5.30. The minimum Gasteiger partial charge on any atom is -0.315 e. The first-order chi connectivity index (χ1) is 8.44. The summed E-state index contributed by atoms with van der Waals surface area (Å²) < 4.78 is 2.09. The Morgan fingerprint density at radius 2 is 1.78 bits per heavy atom. The van der Waals surface area contributed by atoms with Gasteiger partial charge in [-0.05, 0) is 33.3 Å². The van der Waals surface area contributed by atoms with Gasteiger partial charge in [0.1, 0.15) is 5.82 Å². The fourth-order valence-electron chi connectivity index (χ4n) is 2.26. The van der Waals surface area contributed by atoms with Crippen LogP contribution in [0.3, 0.4) is 0 Å². The largest absolute Gasteiger partial charge is 0.315 e. The summed E-state index contributed by atoms with van der Waals surface area (Å²) in [7, 11) is 0. The molecule has 96 valence electrons. The highest BCUT2D eigenvalue weighted by Crippen LogP contribution is 2.27. The van der Waals surface area contributed by atoms with Crippen molar-refractivity contribution in [2.75, 3.05) is 0 Å². The van der Waals surface area contributed by atoms with Crippen LogP contribution < -0.4 is 5.73 Å². The summed E-state index contributed by atoms with van der Waals surface area (Å²) in [5, 5.41) is 8.44. The van der Waals surface area contributed by atoms with Gasteiger partial charge in [-0.2, -0.15) is 0 Å². The Labute approximate surface area is 108 Å². The van der Waals surface area contributed by atoms with Gasteiger partial charge in [-0.25, -0.2) is 0 Å². The van der Waals surface area contributed by atoms with Crippen LogP contribution in [0.15, 0.2) is 30.3 Å². The quantitative estimate of drug-likeness (QED) is 0.902. The van der Waals surface area contributed by atoms with Crippen LogP contribution >= 0.6 is 0 Å². The zero-order valence-electron chi connectivity index (χ0n) is 11.4. The van der Waals surface area contributed by atoms with Crippen LogP contribution in [0.25, 0.3) is 0 Å². The molecular formula is C14H20N4. The number of nitrogens with two attached hydrogens (primary N) is 1. The van der Waals surface area contributed by atoms with E-state index in [0.29, 0.717) is 6.04 Å². The zero-order chi connectivity index (χ0) is 13.3. The molecule has 0 fully saturated rings. The number of aromatic nitrogens is 3. The molecule has 4 nitrogen and oxygen atoms in total. The normalized spacial score (nSPS) is 14.8. The molecule has 0 saturated carbocycles. The Bertz CT molecular complexity index is 526. The molecule has 2 N–H and O–H groups in total. The number of hydrogen-bond donors (Lipinski definition) is 1. The smallest absolute Gasteiger partial charge is 0.157 e. The fourth-order valence-corrected chi connectivity index (χ4v) is 2.26. The van der Waals surface area contributed by atoms with E-state index in [9.17, 15) is 0 Å². The monoisotopic (exact) mass is 244 g/mol. The highest BCUT2D eigenvalue weighted by atomic mass is 15.3. The molecule has 0 aliphatic carbocycles. The molecule has 1 heterocycles. The van der Waals surface area contributed by atoms with Gasteiger partial charge in [-0.3, -0.25) is 0 Å². The molecule has 0 spiro atoms. The van der Waals surface area contributed by atoms with Crippen LogP contribution in [0.4, 0.5) is 0 Å². The lowest BCUT2D eigenvalue weighted by molar-refractivity contribution is 0.471. The molecule has 1 unspecified atom stereocenters. The standard InChI is InChI=1S/C14H20N4/c1-10(2)18-11(3)16-17-13(18)14(4,15)12-8-6-5-7-9-12/h5-10H,15H2,1-4H3. The van der Waals surface area contributed by atoms with Gasteiger partial charge in [-0.1, -0.05) is 30.3 Å². The molecule has 0 bridgehead atoms. The van der Waals surface area contributed by atoms with Gasteiger partial charge in [0.15, 0.2) is 5.82 Å². The van der Waals surface area contributed by atoms with Crippen molar-refractivity contribution in [2.24, 2.45) is 5.73 Å². The molecule has 18 heavy (non-hydrogen) atoms. The summed E-state index contributed by atoms with van der Waals surface area (Å²) in [6, 6.07) is 10.3. The third kappa shape index (κ3) is 2.04. The topological polar surface area (TPSA) is 56.7 Å². The summed E-state index contributed by atoms with van der Waals surface area (Å²) >= 11 is 0. The molecule has 0 saturated heterocycles. The van der Waals surface area contributed by atoms with E-state index in [4.69, 9.17) is 5.73 Å². The lowest BCUT2D eigenvalue weighted by Crippen LogP contribution is -2.38. The predicted octanol–water partition coefficient (Wildman–Crippen LogP) is 2.39. The summed E-state index contributed by atoms with van der Waals surface area (Å²) in [6.07, 6.45) is 0. The summed E-state index contributed by atoms with van der Waals surface area (Å²) in [6.45, 7) is 8.16. The van der Waals surface area contributed by atoms with E-state index >= 15 is 0 Å². The van der Waals surface area contributed by atoms with Crippen LogP contribution in [0.2, 0.25) is 0 Å². The lowest BCUT2D eigenvalue weighted by Gasteiger charge is -2.26. The van der Waals surface area contributed by atoms with Crippen LogP contribution in [0.5, 0.6) is 0 Å². The van der Waals surface area contributed by atoms with Crippen molar-refractivity contribution in [3.05, 3.63) is 47.5 Å². The number of benzene rings is 1. The number of rotatable bonds is 3. The maximum atomic E-state index is 6.49. The van der Waals surface area contributed by atoms with Crippen molar-refractivity contribution >= 4 is 0 Å². The van der Waals surface area contributed by atoms with Crippen LogP contribution in [-0.4, -0.2) is 14.8 Å². The summed E-state index contributed by atoms with van der Waals surface area (Å²) in [4.78, 5) is 0. The molecule has 1 aromatic carbocycles. The van der Waals surface area contributed by atoms with E-state index in [1.54, 1.807) is 0 Å². The second kappa shape index (κ2) is 4.53. The van der Waals surface area contributed by atoms with Crippen LogP contribution in [-0.2, 0) is 5.54 Å². The van der Waals surface area contributed by atoms with Crippen molar-refractivity contribution in [1.82, 2.24) is 14.8 Å². The predicted molar refractivity (Wildman–Crippen MR) is 72.2 cm³/mol. The number of aryl methyl sites for hydroxylation is 1. The Morgan fingerprint density at radius 1 is 1.17 bits per heavy atom. The lowest BCUT2D eigenvalue weighted by atomic mass is 9.92. The molecule has 1 aromatic heterocycles. The van der Waals surface area contributed by atoms with E-state index in [1.807, 2.05) is 44.2 Å². The van der Waals surface area contributed by atoms with Gasteiger partial charge < -0.3 is 10.3 Å². The van der Waals surface area contributed by atoms with Crippen molar-refractivity contribution in [3.63, 3.8) is 0 Å². The summed E-state index contributed by atoms with van der Waals surface area (Å²) in [5.74, 6) is 1.70. The first kappa shape index (κ1) is 12.8. The zero-order valence-corrected chi connectivity index (χ0v) is 11.4. The summed E-state index contributed by atoms with van der Waals surface area (Å²) in [5.41, 5.74) is 6.90. The second-order valence-electron chi connectivity index (χ2n) is 5.10. The molecule has 0 aliphatic heterocycles. The number of hydrogen-bond acceptors (Lipinski definition) is 3. The van der Waals surface area contributed by atoms with Gasteiger partial charge >= 0.3 is 0 Å². The van der Waals surface area contributed by atoms with Crippen molar-refractivity contribution in [3.8, 4) is 0 Å². The van der Waals surface area contributed by atoms with Gasteiger partial charge in [0.05, 0.1) is 5.54 Å². The maximum absolute atomic E-state index is 6.49. The molecule has 2 aromatic rings. The molecule has 0 amide bonds. The Morgan fingerprint density at radius 3 is 2.33 bits per heavy atom. The van der Waals surface area contributed by atoms with E-state index < -0.39 is 5.54 Å². The minimum atomic E-state index is -0.632. The Balaban J connectivity index is 2.55. The van der Waals surface area contributed by atoms with E-state index in [0.717, 1.165) is 17.2 Å². The average molecular weight is 244 g/mol.